The molecule has 150 valence electrons. The van der Waals surface area contributed by atoms with Crippen molar-refractivity contribution < 1.29 is 14.2 Å². The Hall–Kier alpha value is -2.04. The van der Waals surface area contributed by atoms with Crippen molar-refractivity contribution in [1.29, 1.82) is 0 Å². The maximum absolute atomic E-state index is 6.75. The minimum Gasteiger partial charge on any atom is -0.493 e. The molecule has 4 heteroatoms. The summed E-state index contributed by atoms with van der Waals surface area (Å²) in [5.74, 6) is 1.56. The van der Waals surface area contributed by atoms with Gasteiger partial charge in [-0.15, -0.1) is 0 Å². The van der Waals surface area contributed by atoms with Gasteiger partial charge in [0.25, 0.3) is 0 Å². The Balaban J connectivity index is 1.82. The first-order chi connectivity index (χ1) is 13.8. The molecule has 0 amide bonds. The fourth-order valence-electron chi connectivity index (χ4n) is 4.71. The predicted molar refractivity (Wildman–Crippen MR) is 111 cm³/mol. The Labute approximate surface area is 168 Å². The maximum Gasteiger partial charge on any atom is 0.161 e. The number of ether oxygens (including phenoxy) is 3. The summed E-state index contributed by atoms with van der Waals surface area (Å²) in [6.07, 6.45) is 4.86. The summed E-state index contributed by atoms with van der Waals surface area (Å²) < 4.78 is 18.0. The highest BCUT2D eigenvalue weighted by Gasteiger charge is 2.42. The molecule has 2 aromatic rings. The predicted octanol–water partition coefficient (Wildman–Crippen LogP) is 5.13. The van der Waals surface area contributed by atoms with Crippen LogP contribution >= 0.6 is 0 Å². The lowest BCUT2D eigenvalue weighted by Gasteiger charge is -2.47. The summed E-state index contributed by atoms with van der Waals surface area (Å²) >= 11 is 0. The Morgan fingerprint density at radius 1 is 1.04 bits per heavy atom. The lowest BCUT2D eigenvalue weighted by atomic mass is 9.82. The summed E-state index contributed by atoms with van der Waals surface area (Å²) in [6.45, 7) is 4.51. The molecule has 4 nitrogen and oxygen atoms in total. The third-order valence-electron chi connectivity index (χ3n) is 6.08. The summed E-state index contributed by atoms with van der Waals surface area (Å²) in [5, 5.41) is 0. The molecule has 2 aromatic carbocycles. The van der Waals surface area contributed by atoms with E-state index in [9.17, 15) is 0 Å². The maximum atomic E-state index is 6.75. The van der Waals surface area contributed by atoms with E-state index < -0.39 is 0 Å². The van der Waals surface area contributed by atoms with Gasteiger partial charge in [0.05, 0.1) is 26.4 Å². The van der Waals surface area contributed by atoms with Gasteiger partial charge in [-0.05, 0) is 61.2 Å². The van der Waals surface area contributed by atoms with Crippen molar-refractivity contribution in [1.82, 2.24) is 4.90 Å². The van der Waals surface area contributed by atoms with Crippen molar-refractivity contribution in [3.05, 3.63) is 59.2 Å². The molecule has 2 aliphatic heterocycles. The monoisotopic (exact) mass is 381 g/mol. The topological polar surface area (TPSA) is 30.9 Å². The normalized spacial score (nSPS) is 24.3. The Kier molecular flexibility index (Phi) is 5.88. The first-order valence-electron chi connectivity index (χ1n) is 10.5. The van der Waals surface area contributed by atoms with Gasteiger partial charge in [0.1, 0.15) is 6.10 Å². The van der Waals surface area contributed by atoms with Crippen molar-refractivity contribution in [2.45, 2.75) is 50.9 Å². The molecule has 1 unspecified atom stereocenters. The molecule has 3 atom stereocenters. The molecule has 2 aliphatic rings. The minimum absolute atomic E-state index is 0.0663. The number of hydrogen-bond donors (Lipinski definition) is 0. The zero-order valence-electron chi connectivity index (χ0n) is 17.2. The highest BCUT2D eigenvalue weighted by atomic mass is 16.5. The van der Waals surface area contributed by atoms with Crippen LogP contribution in [0.3, 0.4) is 0 Å². The minimum atomic E-state index is -0.0663. The number of likely N-dealkylation sites (tertiary alicyclic amines) is 1. The van der Waals surface area contributed by atoms with Gasteiger partial charge in [-0.3, -0.25) is 4.90 Å². The number of methoxy groups -OCH3 is 2. The van der Waals surface area contributed by atoms with Crippen LogP contribution < -0.4 is 9.47 Å². The molecular weight excluding hydrogens is 350 g/mol. The van der Waals surface area contributed by atoms with Crippen LogP contribution in [0, 0.1) is 0 Å². The zero-order chi connectivity index (χ0) is 19.5. The van der Waals surface area contributed by atoms with Crippen LogP contribution in [-0.4, -0.2) is 38.3 Å². The number of benzene rings is 2. The average Bonchev–Trinajstić information content (AvgIpc) is 2.76. The quantitative estimate of drug-likeness (QED) is 0.694. The Morgan fingerprint density at radius 3 is 2.43 bits per heavy atom. The molecule has 2 heterocycles. The van der Waals surface area contributed by atoms with E-state index in [-0.39, 0.29) is 18.2 Å². The number of unbranched alkanes of at least 4 members (excludes halogenated alkanes) is 1. The molecule has 0 N–H and O–H groups in total. The molecule has 1 fully saturated rings. The van der Waals surface area contributed by atoms with Crippen molar-refractivity contribution in [3.8, 4) is 11.5 Å². The molecule has 0 spiro atoms. The second-order valence-electron chi connectivity index (χ2n) is 7.78. The summed E-state index contributed by atoms with van der Waals surface area (Å²) in [5.41, 5.74) is 3.73. The number of nitrogens with zero attached hydrogens (tertiary/aromatic N) is 1. The molecule has 1 saturated heterocycles. The van der Waals surface area contributed by atoms with Crippen LogP contribution in [0.15, 0.2) is 42.5 Å². The number of rotatable bonds is 6. The van der Waals surface area contributed by atoms with Gasteiger partial charge in [0.15, 0.2) is 11.5 Å². The molecule has 4 rings (SSSR count). The van der Waals surface area contributed by atoms with E-state index in [2.05, 4.69) is 54.3 Å². The summed E-state index contributed by atoms with van der Waals surface area (Å²) in [6, 6.07) is 15.1. The number of fused-ring (bicyclic) bond motifs is 3. The van der Waals surface area contributed by atoms with Gasteiger partial charge in [0.2, 0.25) is 0 Å². The average molecular weight is 382 g/mol. The molecular formula is C24H31NO3. The van der Waals surface area contributed by atoms with E-state index in [1.165, 1.54) is 36.0 Å². The van der Waals surface area contributed by atoms with Gasteiger partial charge < -0.3 is 14.2 Å². The third kappa shape index (κ3) is 3.51. The fraction of sp³-hybridized carbons (Fsp3) is 0.500. The Bertz CT molecular complexity index is 792. The summed E-state index contributed by atoms with van der Waals surface area (Å²) in [4.78, 5) is 2.61. The molecule has 0 aliphatic carbocycles. The van der Waals surface area contributed by atoms with Crippen LogP contribution in [0.2, 0.25) is 0 Å². The van der Waals surface area contributed by atoms with E-state index in [0.717, 1.165) is 31.0 Å². The zero-order valence-corrected chi connectivity index (χ0v) is 17.2. The van der Waals surface area contributed by atoms with E-state index in [4.69, 9.17) is 14.2 Å². The van der Waals surface area contributed by atoms with Crippen molar-refractivity contribution in [2.24, 2.45) is 0 Å². The highest BCUT2D eigenvalue weighted by molar-refractivity contribution is 5.52. The lowest BCUT2D eigenvalue weighted by molar-refractivity contribution is -0.0860. The van der Waals surface area contributed by atoms with Gasteiger partial charge in [0, 0.05) is 0 Å². The van der Waals surface area contributed by atoms with Crippen molar-refractivity contribution in [2.75, 3.05) is 27.3 Å². The van der Waals surface area contributed by atoms with E-state index in [1.807, 2.05) is 0 Å². The first-order valence-corrected chi connectivity index (χ1v) is 10.5. The second-order valence-corrected chi connectivity index (χ2v) is 7.78. The first kappa shape index (κ1) is 19.3. The van der Waals surface area contributed by atoms with Crippen LogP contribution in [0.4, 0.5) is 0 Å². The number of piperidine rings is 1. The van der Waals surface area contributed by atoms with Crippen molar-refractivity contribution >= 4 is 0 Å². The SMILES string of the molecule is CCCCN1CCC[C@H]2OC(c3ccccc3)c3cc(OC)c(OC)cc3[C@H]21. The smallest absolute Gasteiger partial charge is 0.161 e. The van der Waals surface area contributed by atoms with E-state index in [1.54, 1.807) is 14.2 Å². The van der Waals surface area contributed by atoms with Crippen LogP contribution in [0.1, 0.15) is 61.4 Å². The highest BCUT2D eigenvalue weighted by Crippen LogP contribution is 2.49. The van der Waals surface area contributed by atoms with Gasteiger partial charge in [-0.2, -0.15) is 0 Å². The lowest BCUT2D eigenvalue weighted by Crippen LogP contribution is -2.46. The van der Waals surface area contributed by atoms with Gasteiger partial charge >= 0.3 is 0 Å². The largest absolute Gasteiger partial charge is 0.493 e. The second kappa shape index (κ2) is 8.54. The molecule has 0 saturated carbocycles. The Morgan fingerprint density at radius 2 is 1.75 bits per heavy atom. The fourth-order valence-corrected chi connectivity index (χ4v) is 4.71. The summed E-state index contributed by atoms with van der Waals surface area (Å²) in [7, 11) is 3.41. The molecule has 28 heavy (non-hydrogen) atoms. The van der Waals surface area contributed by atoms with Crippen molar-refractivity contribution in [3.63, 3.8) is 0 Å². The van der Waals surface area contributed by atoms with Gasteiger partial charge in [-0.25, -0.2) is 0 Å². The standard InChI is InChI=1S/C24H31NO3/c1-4-5-13-25-14-9-12-20-23(25)18-15-21(26-2)22(27-3)16-19(18)24(28-20)17-10-7-6-8-11-17/h6-8,10-11,15-16,20,23-24H,4-5,9,12-14H2,1-3H3/t20-,23-,24?/m1/s1. The van der Waals surface area contributed by atoms with Crippen LogP contribution in [0.5, 0.6) is 11.5 Å². The van der Waals surface area contributed by atoms with E-state index in [0.29, 0.717) is 0 Å². The molecule has 0 bridgehead atoms. The van der Waals surface area contributed by atoms with Crippen LogP contribution in [-0.2, 0) is 4.74 Å². The molecule has 0 radical (unpaired) electrons. The van der Waals surface area contributed by atoms with Crippen LogP contribution in [0.25, 0.3) is 0 Å². The molecule has 0 aromatic heterocycles. The number of hydrogen-bond acceptors (Lipinski definition) is 4. The van der Waals surface area contributed by atoms with E-state index >= 15 is 0 Å². The third-order valence-corrected chi connectivity index (χ3v) is 6.08. The van der Waals surface area contributed by atoms with Gasteiger partial charge in [-0.1, -0.05) is 43.7 Å².